The van der Waals surface area contributed by atoms with Crippen molar-refractivity contribution in [3.8, 4) is 0 Å². The minimum atomic E-state index is -0.559. The molecule has 2 rings (SSSR count). The fourth-order valence-corrected chi connectivity index (χ4v) is 3.01. The smallest absolute Gasteiger partial charge is 0.105 e. The van der Waals surface area contributed by atoms with Gasteiger partial charge < -0.3 is 5.11 Å². The number of rotatable bonds is 2. The highest BCUT2D eigenvalue weighted by Gasteiger charge is 2.15. The molecule has 0 spiro atoms. The monoisotopic (exact) mass is 266 g/mol. The van der Waals surface area contributed by atoms with Gasteiger partial charge in [-0.05, 0) is 49.6 Å². The van der Waals surface area contributed by atoms with E-state index in [9.17, 15) is 5.11 Å². The van der Waals surface area contributed by atoms with E-state index >= 15 is 0 Å². The molecule has 2 aromatic rings. The van der Waals surface area contributed by atoms with Crippen LogP contribution in [0.3, 0.4) is 0 Å². The van der Waals surface area contributed by atoms with Crippen LogP contribution in [-0.2, 0) is 0 Å². The molecule has 0 aliphatic carbocycles. The first-order chi connectivity index (χ1) is 7.99. The Morgan fingerprint density at radius 3 is 2.41 bits per heavy atom. The topological polar surface area (TPSA) is 20.2 Å². The summed E-state index contributed by atoms with van der Waals surface area (Å²) in [5, 5.41) is 11.1. The second kappa shape index (κ2) is 4.81. The van der Waals surface area contributed by atoms with E-state index in [-0.39, 0.29) is 0 Å². The number of halogens is 1. The highest BCUT2D eigenvalue weighted by atomic mass is 35.5. The van der Waals surface area contributed by atoms with Crippen LogP contribution in [0.1, 0.15) is 32.5 Å². The second-order valence-corrected chi connectivity index (χ2v) is 6.15. The predicted molar refractivity (Wildman–Crippen MR) is 74.0 cm³/mol. The first-order valence-corrected chi connectivity index (χ1v) is 6.69. The zero-order valence-electron chi connectivity index (χ0n) is 10.1. The Morgan fingerprint density at radius 1 is 1.18 bits per heavy atom. The molecule has 3 heteroatoms. The average molecular weight is 267 g/mol. The van der Waals surface area contributed by atoms with Crippen molar-refractivity contribution < 1.29 is 5.11 Å². The third-order valence-corrected chi connectivity index (χ3v) is 4.28. The van der Waals surface area contributed by atoms with Gasteiger partial charge in [0, 0.05) is 14.8 Å². The fourth-order valence-electron chi connectivity index (χ4n) is 1.94. The molecule has 1 atom stereocenters. The molecule has 1 nitrogen and oxygen atoms in total. The van der Waals surface area contributed by atoms with Crippen molar-refractivity contribution in [2.45, 2.75) is 26.9 Å². The highest BCUT2D eigenvalue weighted by molar-refractivity contribution is 7.12. The van der Waals surface area contributed by atoms with Crippen LogP contribution in [0.5, 0.6) is 0 Å². The standard InChI is InChI=1S/C14H15ClOS/c1-8-6-11(4-5-13(8)15)14(16)12-7-9(2)17-10(12)3/h4-7,14,16H,1-3H3. The van der Waals surface area contributed by atoms with Gasteiger partial charge >= 0.3 is 0 Å². The Morgan fingerprint density at radius 2 is 1.88 bits per heavy atom. The molecule has 0 radical (unpaired) electrons. The molecule has 1 N–H and O–H groups in total. The average Bonchev–Trinajstić information content (AvgIpc) is 2.61. The Labute approximate surface area is 111 Å². The van der Waals surface area contributed by atoms with Gasteiger partial charge in [-0.25, -0.2) is 0 Å². The molecule has 0 saturated heterocycles. The summed E-state index contributed by atoms with van der Waals surface area (Å²) in [6, 6.07) is 7.71. The van der Waals surface area contributed by atoms with Gasteiger partial charge in [0.1, 0.15) is 6.10 Å². The van der Waals surface area contributed by atoms with E-state index in [1.54, 1.807) is 11.3 Å². The summed E-state index contributed by atoms with van der Waals surface area (Å²) < 4.78 is 0. The Kier molecular flexibility index (Phi) is 3.57. The van der Waals surface area contributed by atoms with E-state index in [2.05, 4.69) is 13.0 Å². The summed E-state index contributed by atoms with van der Waals surface area (Å²) in [7, 11) is 0. The minimum Gasteiger partial charge on any atom is -0.384 e. The summed E-state index contributed by atoms with van der Waals surface area (Å²) in [6.45, 7) is 6.05. The largest absolute Gasteiger partial charge is 0.384 e. The van der Waals surface area contributed by atoms with Crippen LogP contribution in [0.25, 0.3) is 0 Å². The molecule has 90 valence electrons. The molecule has 0 aliphatic rings. The quantitative estimate of drug-likeness (QED) is 0.854. The highest BCUT2D eigenvalue weighted by Crippen LogP contribution is 2.31. The van der Waals surface area contributed by atoms with Crippen molar-refractivity contribution in [2.24, 2.45) is 0 Å². The molecular formula is C14H15ClOS. The number of hydrogen-bond acceptors (Lipinski definition) is 2. The van der Waals surface area contributed by atoms with E-state index in [0.717, 1.165) is 21.7 Å². The maximum atomic E-state index is 10.4. The first kappa shape index (κ1) is 12.6. The molecule has 17 heavy (non-hydrogen) atoms. The molecule has 0 amide bonds. The Bertz CT molecular complexity index is 545. The molecule has 0 aliphatic heterocycles. The third-order valence-electron chi connectivity index (χ3n) is 2.87. The summed E-state index contributed by atoms with van der Waals surface area (Å²) in [4.78, 5) is 2.39. The lowest BCUT2D eigenvalue weighted by Gasteiger charge is -2.12. The van der Waals surface area contributed by atoms with E-state index in [4.69, 9.17) is 11.6 Å². The van der Waals surface area contributed by atoms with Gasteiger partial charge in [0.05, 0.1) is 0 Å². The summed E-state index contributed by atoms with van der Waals surface area (Å²) in [6.07, 6.45) is -0.559. The van der Waals surface area contributed by atoms with Crippen LogP contribution in [0.2, 0.25) is 5.02 Å². The summed E-state index contributed by atoms with van der Waals surface area (Å²) >= 11 is 7.70. The minimum absolute atomic E-state index is 0.559. The van der Waals surface area contributed by atoms with Crippen LogP contribution < -0.4 is 0 Å². The SMILES string of the molecule is Cc1cc(C(O)c2ccc(Cl)c(C)c2)c(C)s1. The van der Waals surface area contributed by atoms with Crippen molar-refractivity contribution in [1.82, 2.24) is 0 Å². The van der Waals surface area contributed by atoms with Gasteiger partial charge in [0.15, 0.2) is 0 Å². The van der Waals surface area contributed by atoms with E-state index in [1.165, 1.54) is 9.75 Å². The zero-order chi connectivity index (χ0) is 12.6. The summed E-state index contributed by atoms with van der Waals surface area (Å²) in [5.74, 6) is 0. The molecular weight excluding hydrogens is 252 g/mol. The predicted octanol–water partition coefficient (Wildman–Crippen LogP) is 4.41. The fraction of sp³-hybridized carbons (Fsp3) is 0.286. The van der Waals surface area contributed by atoms with Gasteiger partial charge in [-0.15, -0.1) is 11.3 Å². The molecule has 0 bridgehead atoms. The van der Waals surface area contributed by atoms with Gasteiger partial charge in [0.2, 0.25) is 0 Å². The van der Waals surface area contributed by atoms with E-state index in [0.29, 0.717) is 0 Å². The van der Waals surface area contributed by atoms with Crippen molar-refractivity contribution in [3.05, 3.63) is 55.7 Å². The van der Waals surface area contributed by atoms with Crippen LogP contribution >= 0.6 is 22.9 Å². The molecule has 1 heterocycles. The maximum Gasteiger partial charge on any atom is 0.105 e. The van der Waals surface area contributed by atoms with Crippen LogP contribution in [0.4, 0.5) is 0 Å². The number of aliphatic hydroxyl groups is 1. The van der Waals surface area contributed by atoms with Gasteiger partial charge in [-0.2, -0.15) is 0 Å². The lowest BCUT2D eigenvalue weighted by Crippen LogP contribution is -2.00. The number of hydrogen-bond donors (Lipinski definition) is 1. The van der Waals surface area contributed by atoms with Gasteiger partial charge in [-0.1, -0.05) is 23.7 Å². The van der Waals surface area contributed by atoms with Crippen LogP contribution in [-0.4, -0.2) is 5.11 Å². The van der Waals surface area contributed by atoms with Crippen molar-refractivity contribution in [1.29, 1.82) is 0 Å². The third kappa shape index (κ3) is 2.54. The number of aliphatic hydroxyl groups excluding tert-OH is 1. The number of benzene rings is 1. The van der Waals surface area contributed by atoms with E-state index in [1.807, 2.05) is 32.0 Å². The number of aryl methyl sites for hydroxylation is 3. The Balaban J connectivity index is 2.40. The molecule has 1 unspecified atom stereocenters. The normalized spacial score (nSPS) is 12.8. The van der Waals surface area contributed by atoms with Crippen molar-refractivity contribution >= 4 is 22.9 Å². The van der Waals surface area contributed by atoms with Crippen LogP contribution in [0.15, 0.2) is 24.3 Å². The summed E-state index contributed by atoms with van der Waals surface area (Å²) in [5.41, 5.74) is 2.88. The lowest BCUT2D eigenvalue weighted by atomic mass is 10.0. The Hall–Kier alpha value is -0.830. The number of thiophene rings is 1. The molecule has 1 aromatic heterocycles. The van der Waals surface area contributed by atoms with Gasteiger partial charge in [0.25, 0.3) is 0 Å². The van der Waals surface area contributed by atoms with Crippen LogP contribution in [0, 0.1) is 20.8 Å². The first-order valence-electron chi connectivity index (χ1n) is 5.50. The lowest BCUT2D eigenvalue weighted by molar-refractivity contribution is 0.220. The maximum absolute atomic E-state index is 10.4. The second-order valence-electron chi connectivity index (χ2n) is 4.28. The molecule has 0 saturated carbocycles. The van der Waals surface area contributed by atoms with Gasteiger partial charge in [-0.3, -0.25) is 0 Å². The van der Waals surface area contributed by atoms with E-state index < -0.39 is 6.10 Å². The van der Waals surface area contributed by atoms with Crippen molar-refractivity contribution in [3.63, 3.8) is 0 Å². The van der Waals surface area contributed by atoms with Crippen molar-refractivity contribution in [2.75, 3.05) is 0 Å². The molecule has 1 aromatic carbocycles. The molecule has 0 fully saturated rings. The zero-order valence-corrected chi connectivity index (χ0v) is 11.7.